The third kappa shape index (κ3) is 3.42. The minimum atomic E-state index is -1.14. The van der Waals surface area contributed by atoms with E-state index in [1.54, 1.807) is 0 Å². The largest absolute Gasteiger partial charge is 0.478 e. The topological polar surface area (TPSA) is 62.2 Å². The summed E-state index contributed by atoms with van der Waals surface area (Å²) in [4.78, 5) is 15.0. The third-order valence-corrected chi connectivity index (χ3v) is 2.86. The van der Waals surface area contributed by atoms with Crippen LogP contribution >= 0.6 is 27.5 Å². The quantitative estimate of drug-likeness (QED) is 0.880. The highest BCUT2D eigenvalue weighted by atomic mass is 79.9. The van der Waals surface area contributed by atoms with Crippen molar-refractivity contribution in [3.05, 3.63) is 51.3 Å². The van der Waals surface area contributed by atoms with E-state index in [4.69, 9.17) is 16.7 Å². The van der Waals surface area contributed by atoms with E-state index >= 15 is 0 Å². The van der Waals surface area contributed by atoms with Crippen LogP contribution < -0.4 is 5.32 Å². The lowest BCUT2D eigenvalue weighted by Gasteiger charge is -2.09. The first kappa shape index (κ1) is 13.8. The molecular formula is C12H7BrClFN2O2. The van der Waals surface area contributed by atoms with Crippen LogP contribution in [0.2, 0.25) is 5.02 Å². The fourth-order valence-corrected chi connectivity index (χ4v) is 2.02. The van der Waals surface area contributed by atoms with Crippen molar-refractivity contribution < 1.29 is 14.3 Å². The molecule has 0 amide bonds. The molecule has 0 fully saturated rings. The van der Waals surface area contributed by atoms with Gasteiger partial charge in [0.1, 0.15) is 17.2 Å². The maximum Gasteiger partial charge on any atom is 0.339 e. The molecule has 0 radical (unpaired) electrons. The van der Waals surface area contributed by atoms with Crippen LogP contribution in [0.5, 0.6) is 0 Å². The maximum atomic E-state index is 13.2. The van der Waals surface area contributed by atoms with Crippen LogP contribution in [0, 0.1) is 5.82 Å². The van der Waals surface area contributed by atoms with Crippen molar-refractivity contribution in [2.75, 3.05) is 5.32 Å². The van der Waals surface area contributed by atoms with Gasteiger partial charge in [-0.15, -0.1) is 0 Å². The predicted octanol–water partition coefficient (Wildman–Crippen LogP) is 4.08. The lowest BCUT2D eigenvalue weighted by molar-refractivity contribution is 0.0697. The number of carbonyl (C=O) groups is 1. The summed E-state index contributed by atoms with van der Waals surface area (Å²) in [6, 6.07) is 5.22. The normalized spacial score (nSPS) is 10.3. The van der Waals surface area contributed by atoms with Gasteiger partial charge in [0, 0.05) is 21.4 Å². The molecule has 0 unspecified atom stereocenters. The molecule has 0 aliphatic rings. The van der Waals surface area contributed by atoms with Gasteiger partial charge in [0.2, 0.25) is 0 Å². The highest BCUT2D eigenvalue weighted by Gasteiger charge is 2.13. The molecule has 0 spiro atoms. The van der Waals surface area contributed by atoms with Gasteiger partial charge >= 0.3 is 5.97 Å². The highest BCUT2D eigenvalue weighted by molar-refractivity contribution is 9.10. The van der Waals surface area contributed by atoms with Crippen molar-refractivity contribution in [3.63, 3.8) is 0 Å². The summed E-state index contributed by atoms with van der Waals surface area (Å²) in [5.41, 5.74) is 0.289. The Morgan fingerprint density at radius 2 is 2.11 bits per heavy atom. The van der Waals surface area contributed by atoms with E-state index in [0.29, 0.717) is 10.2 Å². The number of hydrogen-bond acceptors (Lipinski definition) is 3. The van der Waals surface area contributed by atoms with E-state index in [1.165, 1.54) is 24.4 Å². The zero-order valence-corrected chi connectivity index (χ0v) is 11.7. The minimum Gasteiger partial charge on any atom is -0.478 e. The van der Waals surface area contributed by atoms with Crippen LogP contribution in [-0.2, 0) is 0 Å². The lowest BCUT2D eigenvalue weighted by atomic mass is 10.2. The number of carboxylic acids is 1. The number of aromatic carboxylic acids is 1. The summed E-state index contributed by atoms with van der Waals surface area (Å²) in [7, 11) is 0. The molecule has 2 rings (SSSR count). The van der Waals surface area contributed by atoms with Gasteiger partial charge in [-0.2, -0.15) is 0 Å². The number of pyridine rings is 1. The second-order valence-corrected chi connectivity index (χ2v) is 4.99. The number of anilines is 2. The standard InChI is InChI=1S/C12H7BrClFN2O2/c13-6-1-10(12(18)19)11(16-5-6)17-9-3-7(14)2-8(15)4-9/h1-5H,(H,16,17)(H,18,19). The first-order valence-electron chi connectivity index (χ1n) is 5.07. The molecule has 2 N–H and O–H groups in total. The number of rotatable bonds is 3. The van der Waals surface area contributed by atoms with Gasteiger partial charge in [-0.25, -0.2) is 14.2 Å². The van der Waals surface area contributed by atoms with Crippen LogP contribution in [0.25, 0.3) is 0 Å². The molecule has 0 atom stereocenters. The number of hydrogen-bond donors (Lipinski definition) is 2. The van der Waals surface area contributed by atoms with Crippen LogP contribution in [0.3, 0.4) is 0 Å². The Morgan fingerprint density at radius 3 is 2.74 bits per heavy atom. The van der Waals surface area contributed by atoms with Crippen molar-refractivity contribution in [2.45, 2.75) is 0 Å². The van der Waals surface area contributed by atoms with E-state index in [0.717, 1.165) is 6.07 Å². The number of benzene rings is 1. The molecule has 0 aliphatic heterocycles. The number of halogens is 3. The molecule has 1 aromatic heterocycles. The van der Waals surface area contributed by atoms with Gasteiger partial charge in [0.05, 0.1) is 0 Å². The number of aromatic nitrogens is 1. The smallest absolute Gasteiger partial charge is 0.339 e. The highest BCUT2D eigenvalue weighted by Crippen LogP contribution is 2.24. The van der Waals surface area contributed by atoms with E-state index in [9.17, 15) is 9.18 Å². The Labute approximate surface area is 121 Å². The third-order valence-electron chi connectivity index (χ3n) is 2.21. The zero-order chi connectivity index (χ0) is 14.0. The average molecular weight is 346 g/mol. The monoisotopic (exact) mass is 344 g/mol. The summed E-state index contributed by atoms with van der Waals surface area (Å²) in [5.74, 6) is -1.56. The fraction of sp³-hybridized carbons (Fsp3) is 0. The molecule has 7 heteroatoms. The zero-order valence-electron chi connectivity index (χ0n) is 9.32. The van der Waals surface area contributed by atoms with Crippen LogP contribution in [0.15, 0.2) is 34.9 Å². The van der Waals surface area contributed by atoms with Gasteiger partial charge in [0.25, 0.3) is 0 Å². The fourth-order valence-electron chi connectivity index (χ4n) is 1.46. The molecule has 1 heterocycles. The summed E-state index contributed by atoms with van der Waals surface area (Å²) < 4.78 is 13.7. The number of nitrogens with zero attached hydrogens (tertiary/aromatic N) is 1. The van der Waals surface area contributed by atoms with Gasteiger partial charge in [-0.05, 0) is 40.2 Å². The number of carboxylic acid groups (broad SMARTS) is 1. The van der Waals surface area contributed by atoms with Crippen molar-refractivity contribution in [2.24, 2.45) is 0 Å². The van der Waals surface area contributed by atoms with Crippen molar-refractivity contribution in [1.29, 1.82) is 0 Å². The second kappa shape index (κ2) is 5.54. The number of nitrogens with one attached hydrogen (secondary N) is 1. The van der Waals surface area contributed by atoms with Crippen molar-refractivity contribution >= 4 is 45.0 Å². The van der Waals surface area contributed by atoms with E-state index in [-0.39, 0.29) is 16.4 Å². The molecule has 2 aromatic rings. The Balaban J connectivity index is 2.40. The first-order valence-corrected chi connectivity index (χ1v) is 6.25. The molecule has 19 heavy (non-hydrogen) atoms. The molecule has 0 aliphatic carbocycles. The summed E-state index contributed by atoms with van der Waals surface area (Å²) >= 11 is 8.86. The molecular weight excluding hydrogens is 338 g/mol. The Hall–Kier alpha value is -1.66. The minimum absolute atomic E-state index is 0.0326. The Morgan fingerprint density at radius 1 is 1.37 bits per heavy atom. The second-order valence-electron chi connectivity index (χ2n) is 3.64. The van der Waals surface area contributed by atoms with Crippen molar-refractivity contribution in [1.82, 2.24) is 4.98 Å². The predicted molar refractivity (Wildman–Crippen MR) is 73.6 cm³/mol. The average Bonchev–Trinajstić information content (AvgIpc) is 2.30. The van der Waals surface area contributed by atoms with Gasteiger partial charge in [0.15, 0.2) is 0 Å². The molecule has 98 valence electrons. The SMILES string of the molecule is O=C(O)c1cc(Br)cnc1Nc1cc(F)cc(Cl)c1. The van der Waals surface area contributed by atoms with Crippen LogP contribution in [0.1, 0.15) is 10.4 Å². The van der Waals surface area contributed by atoms with E-state index in [2.05, 4.69) is 26.2 Å². The van der Waals surface area contributed by atoms with E-state index in [1.807, 2.05) is 0 Å². The Kier molecular flexibility index (Phi) is 4.01. The summed E-state index contributed by atoms with van der Waals surface area (Å²) in [6.45, 7) is 0. The van der Waals surface area contributed by atoms with Crippen LogP contribution in [0.4, 0.5) is 15.9 Å². The summed E-state index contributed by atoms with van der Waals surface area (Å²) in [5, 5.41) is 12.0. The van der Waals surface area contributed by atoms with E-state index < -0.39 is 11.8 Å². The van der Waals surface area contributed by atoms with Crippen LogP contribution in [-0.4, -0.2) is 16.1 Å². The molecule has 0 bridgehead atoms. The maximum absolute atomic E-state index is 13.2. The van der Waals surface area contributed by atoms with Gasteiger partial charge in [-0.3, -0.25) is 0 Å². The Bertz CT molecular complexity index is 631. The molecule has 0 saturated heterocycles. The first-order chi connectivity index (χ1) is 8.95. The molecule has 4 nitrogen and oxygen atoms in total. The lowest BCUT2D eigenvalue weighted by Crippen LogP contribution is -2.05. The van der Waals surface area contributed by atoms with Gasteiger partial charge < -0.3 is 10.4 Å². The van der Waals surface area contributed by atoms with Gasteiger partial charge in [-0.1, -0.05) is 11.6 Å². The van der Waals surface area contributed by atoms with Crippen molar-refractivity contribution in [3.8, 4) is 0 Å². The molecule has 1 aromatic carbocycles. The molecule has 0 saturated carbocycles. The summed E-state index contributed by atoms with van der Waals surface area (Å²) in [6.07, 6.45) is 1.44.